The highest BCUT2D eigenvalue weighted by Crippen LogP contribution is 2.17. The summed E-state index contributed by atoms with van der Waals surface area (Å²) < 4.78 is 22.9. The topological polar surface area (TPSA) is 46.2 Å². The predicted octanol–water partition coefficient (Wildman–Crippen LogP) is 2.37. The summed E-state index contributed by atoms with van der Waals surface area (Å²) in [5.41, 5.74) is 0. The maximum atomic E-state index is 11.8. The zero-order chi connectivity index (χ0) is 12.7. The van der Waals surface area contributed by atoms with Crippen molar-refractivity contribution in [2.24, 2.45) is 0 Å². The molecular formula is C12H27NO2S. The minimum atomic E-state index is -2.92. The van der Waals surface area contributed by atoms with Crippen LogP contribution in [0.25, 0.3) is 0 Å². The molecule has 0 aliphatic carbocycles. The van der Waals surface area contributed by atoms with Crippen molar-refractivity contribution in [3.8, 4) is 0 Å². The highest BCUT2D eigenvalue weighted by molar-refractivity contribution is 7.92. The first-order chi connectivity index (χ1) is 7.31. The van der Waals surface area contributed by atoms with Crippen LogP contribution < -0.4 is 5.32 Å². The molecule has 0 radical (unpaired) electrons. The molecule has 0 saturated carbocycles. The molecule has 0 aliphatic rings. The van der Waals surface area contributed by atoms with Crippen LogP contribution in [0.4, 0.5) is 0 Å². The summed E-state index contributed by atoms with van der Waals surface area (Å²) in [7, 11) is -2.92. The number of unbranched alkanes of at least 4 members (excludes halogenated alkanes) is 2. The Bertz CT molecular complexity index is 265. The highest BCUT2D eigenvalue weighted by atomic mass is 32.2. The molecule has 0 atom stereocenters. The third-order valence-electron chi connectivity index (χ3n) is 2.63. The Morgan fingerprint density at radius 2 is 1.62 bits per heavy atom. The molecule has 0 aromatic heterocycles. The van der Waals surface area contributed by atoms with E-state index in [1.807, 2.05) is 0 Å². The third-order valence-corrected chi connectivity index (χ3v) is 5.32. The quantitative estimate of drug-likeness (QED) is 0.672. The van der Waals surface area contributed by atoms with Crippen molar-refractivity contribution in [2.75, 3.05) is 18.8 Å². The normalized spacial score (nSPS) is 13.0. The first-order valence-corrected chi connectivity index (χ1v) is 7.89. The minimum absolute atomic E-state index is 0.324. The standard InChI is InChI=1S/C12H27NO2S/c1-5-9-13-10-7-6-8-11-16(14,15)12(2,3)4/h13H,5-11H2,1-4H3. The average Bonchev–Trinajstić information content (AvgIpc) is 2.14. The molecule has 0 fully saturated rings. The lowest BCUT2D eigenvalue weighted by Gasteiger charge is -2.18. The summed E-state index contributed by atoms with van der Waals surface area (Å²) in [4.78, 5) is 0. The minimum Gasteiger partial charge on any atom is -0.317 e. The predicted molar refractivity (Wildman–Crippen MR) is 70.6 cm³/mol. The van der Waals surface area contributed by atoms with E-state index in [9.17, 15) is 8.42 Å². The molecule has 16 heavy (non-hydrogen) atoms. The van der Waals surface area contributed by atoms with Crippen molar-refractivity contribution < 1.29 is 8.42 Å². The summed E-state index contributed by atoms with van der Waals surface area (Å²) in [6, 6.07) is 0. The van der Waals surface area contributed by atoms with Gasteiger partial charge in [-0.2, -0.15) is 0 Å². The fourth-order valence-corrected chi connectivity index (χ4v) is 2.52. The van der Waals surface area contributed by atoms with Gasteiger partial charge in [-0.3, -0.25) is 0 Å². The van der Waals surface area contributed by atoms with E-state index in [0.717, 1.165) is 38.8 Å². The van der Waals surface area contributed by atoms with Gasteiger partial charge in [0.15, 0.2) is 9.84 Å². The number of hydrogen-bond donors (Lipinski definition) is 1. The Balaban J connectivity index is 3.60. The van der Waals surface area contributed by atoms with Crippen molar-refractivity contribution in [3.63, 3.8) is 0 Å². The van der Waals surface area contributed by atoms with E-state index < -0.39 is 14.6 Å². The van der Waals surface area contributed by atoms with Gasteiger partial charge in [0, 0.05) is 0 Å². The van der Waals surface area contributed by atoms with Crippen LogP contribution in [0.2, 0.25) is 0 Å². The first-order valence-electron chi connectivity index (χ1n) is 6.24. The summed E-state index contributed by atoms with van der Waals surface area (Å²) in [6.45, 7) is 9.51. The van der Waals surface area contributed by atoms with Gasteiger partial charge in [0.05, 0.1) is 10.5 Å². The van der Waals surface area contributed by atoms with Crippen LogP contribution >= 0.6 is 0 Å². The molecule has 0 aromatic rings. The molecule has 0 rings (SSSR count). The van der Waals surface area contributed by atoms with E-state index in [0.29, 0.717) is 5.75 Å². The van der Waals surface area contributed by atoms with Gasteiger partial charge >= 0.3 is 0 Å². The van der Waals surface area contributed by atoms with Crippen LogP contribution in [0.3, 0.4) is 0 Å². The molecule has 0 spiro atoms. The van der Waals surface area contributed by atoms with Gasteiger partial charge < -0.3 is 5.32 Å². The third kappa shape index (κ3) is 6.48. The lowest BCUT2D eigenvalue weighted by molar-refractivity contribution is 0.552. The van der Waals surface area contributed by atoms with Crippen molar-refractivity contribution in [3.05, 3.63) is 0 Å². The smallest absolute Gasteiger partial charge is 0.155 e. The van der Waals surface area contributed by atoms with Crippen molar-refractivity contribution in [1.82, 2.24) is 5.32 Å². The van der Waals surface area contributed by atoms with Gasteiger partial charge in [0.1, 0.15) is 0 Å². The van der Waals surface area contributed by atoms with E-state index in [1.54, 1.807) is 20.8 Å². The molecule has 1 N–H and O–H groups in total. The molecule has 4 heteroatoms. The van der Waals surface area contributed by atoms with Crippen LogP contribution in [0.5, 0.6) is 0 Å². The van der Waals surface area contributed by atoms with E-state index in [4.69, 9.17) is 0 Å². The summed E-state index contributed by atoms with van der Waals surface area (Å²) >= 11 is 0. The van der Waals surface area contributed by atoms with E-state index >= 15 is 0 Å². The van der Waals surface area contributed by atoms with Crippen molar-refractivity contribution in [2.45, 2.75) is 58.1 Å². The van der Waals surface area contributed by atoms with Gasteiger partial charge in [-0.25, -0.2) is 8.42 Å². The SMILES string of the molecule is CCCNCCCCCS(=O)(=O)C(C)(C)C. The highest BCUT2D eigenvalue weighted by Gasteiger charge is 2.27. The largest absolute Gasteiger partial charge is 0.317 e. The Kier molecular flexibility index (Phi) is 7.24. The maximum absolute atomic E-state index is 11.8. The molecule has 0 aromatic carbocycles. The monoisotopic (exact) mass is 249 g/mol. The molecule has 0 heterocycles. The zero-order valence-corrected chi connectivity index (χ0v) is 12.0. The maximum Gasteiger partial charge on any atom is 0.155 e. The van der Waals surface area contributed by atoms with Gasteiger partial charge in [0.25, 0.3) is 0 Å². The van der Waals surface area contributed by atoms with Gasteiger partial charge in [-0.15, -0.1) is 0 Å². The van der Waals surface area contributed by atoms with Crippen molar-refractivity contribution >= 4 is 9.84 Å². The average molecular weight is 249 g/mol. The molecular weight excluding hydrogens is 222 g/mol. The lowest BCUT2D eigenvalue weighted by atomic mass is 10.2. The van der Waals surface area contributed by atoms with Crippen molar-refractivity contribution in [1.29, 1.82) is 0 Å². The number of sulfone groups is 1. The number of hydrogen-bond acceptors (Lipinski definition) is 3. The molecule has 0 saturated heterocycles. The Labute approximate surface area is 101 Å². The fourth-order valence-electron chi connectivity index (χ4n) is 1.33. The second-order valence-electron chi connectivity index (χ2n) is 5.24. The Morgan fingerprint density at radius 1 is 1.00 bits per heavy atom. The Morgan fingerprint density at radius 3 is 2.12 bits per heavy atom. The molecule has 0 amide bonds. The molecule has 0 unspecified atom stereocenters. The molecule has 98 valence electrons. The van der Waals surface area contributed by atoms with E-state index in [2.05, 4.69) is 12.2 Å². The first kappa shape index (κ1) is 15.9. The summed E-state index contributed by atoms with van der Waals surface area (Å²) in [6.07, 6.45) is 4.00. The molecule has 3 nitrogen and oxygen atoms in total. The Hall–Kier alpha value is -0.0900. The van der Waals surface area contributed by atoms with E-state index in [-0.39, 0.29) is 0 Å². The second kappa shape index (κ2) is 7.28. The lowest BCUT2D eigenvalue weighted by Crippen LogP contribution is -2.30. The van der Waals surface area contributed by atoms with Crippen LogP contribution in [-0.4, -0.2) is 32.0 Å². The number of rotatable bonds is 8. The summed E-state index contributed by atoms with van der Waals surface area (Å²) in [5, 5.41) is 3.31. The van der Waals surface area contributed by atoms with Gasteiger partial charge in [-0.1, -0.05) is 13.3 Å². The van der Waals surface area contributed by atoms with Crippen LogP contribution in [-0.2, 0) is 9.84 Å². The summed E-state index contributed by atoms with van der Waals surface area (Å²) in [5.74, 6) is 0.324. The fraction of sp³-hybridized carbons (Fsp3) is 1.00. The molecule has 0 aliphatic heterocycles. The van der Waals surface area contributed by atoms with Crippen LogP contribution in [0, 0.1) is 0 Å². The van der Waals surface area contributed by atoms with E-state index in [1.165, 1.54) is 0 Å². The van der Waals surface area contributed by atoms with Gasteiger partial charge in [0.2, 0.25) is 0 Å². The number of nitrogens with one attached hydrogen (secondary N) is 1. The van der Waals surface area contributed by atoms with Crippen LogP contribution in [0.1, 0.15) is 53.4 Å². The second-order valence-corrected chi connectivity index (χ2v) is 8.10. The van der Waals surface area contributed by atoms with Gasteiger partial charge in [-0.05, 0) is 53.1 Å². The van der Waals surface area contributed by atoms with Crippen LogP contribution in [0.15, 0.2) is 0 Å². The zero-order valence-electron chi connectivity index (χ0n) is 11.2. The molecule has 0 bridgehead atoms.